The molecule has 0 radical (unpaired) electrons. The molecule has 28 heavy (non-hydrogen) atoms. The molecule has 2 aromatic rings. The minimum Gasteiger partial charge on any atom is -0.466 e. The summed E-state index contributed by atoms with van der Waals surface area (Å²) in [4.78, 5) is 22.3. The maximum absolute atomic E-state index is 13.1. The van der Waals surface area contributed by atoms with Crippen molar-refractivity contribution in [1.29, 1.82) is 0 Å². The number of likely N-dealkylation sites (tertiary alicyclic amines) is 1. The maximum Gasteiger partial charge on any atom is 0.314 e. The summed E-state index contributed by atoms with van der Waals surface area (Å²) in [6.45, 7) is 8.41. The first kappa shape index (κ1) is 19.0. The molecule has 0 unspecified atom stereocenters. The van der Waals surface area contributed by atoms with Crippen molar-refractivity contribution in [3.05, 3.63) is 48.0 Å². The molecule has 0 aromatic carbocycles. The molecule has 4 rings (SSSR count). The van der Waals surface area contributed by atoms with E-state index >= 15 is 0 Å². The van der Waals surface area contributed by atoms with Crippen molar-refractivity contribution < 1.29 is 13.9 Å². The number of fused-ring (bicyclic) bond motifs is 1. The van der Waals surface area contributed by atoms with Crippen molar-refractivity contribution in [2.45, 2.75) is 33.2 Å². The highest BCUT2D eigenvalue weighted by Crippen LogP contribution is 2.45. The third-order valence-electron chi connectivity index (χ3n) is 6.10. The first-order valence-electron chi connectivity index (χ1n) is 10.2. The zero-order valence-corrected chi connectivity index (χ0v) is 16.8. The molecule has 150 valence electrons. The van der Waals surface area contributed by atoms with Gasteiger partial charge in [-0.25, -0.2) is 4.98 Å². The number of hydrogen-bond donors (Lipinski definition) is 0. The number of nitrogens with zero attached hydrogens (tertiary/aromatic N) is 3. The fourth-order valence-corrected chi connectivity index (χ4v) is 4.77. The number of hydrogen-bond acceptors (Lipinski definition) is 6. The van der Waals surface area contributed by atoms with Crippen LogP contribution in [0.1, 0.15) is 31.3 Å². The lowest BCUT2D eigenvalue weighted by Crippen LogP contribution is -2.42. The first-order valence-corrected chi connectivity index (χ1v) is 10.2. The number of carbonyl (C=O) groups excluding carboxylic acids is 1. The van der Waals surface area contributed by atoms with Gasteiger partial charge in [-0.2, -0.15) is 0 Å². The molecule has 2 atom stereocenters. The smallest absolute Gasteiger partial charge is 0.314 e. The molecular formula is C22H29N3O3. The number of carbonyl (C=O) groups is 1. The zero-order valence-electron chi connectivity index (χ0n) is 16.8. The summed E-state index contributed by atoms with van der Waals surface area (Å²) in [5.41, 5.74) is -0.457. The molecule has 6 heteroatoms. The molecule has 0 aliphatic carbocycles. The van der Waals surface area contributed by atoms with Gasteiger partial charge >= 0.3 is 5.97 Å². The predicted molar refractivity (Wildman–Crippen MR) is 107 cm³/mol. The lowest BCUT2D eigenvalue weighted by atomic mass is 9.75. The third-order valence-corrected chi connectivity index (χ3v) is 6.10. The number of pyridine rings is 1. The highest BCUT2D eigenvalue weighted by molar-refractivity contribution is 5.79. The minimum absolute atomic E-state index is 0.0471. The van der Waals surface area contributed by atoms with E-state index in [-0.39, 0.29) is 11.9 Å². The molecule has 4 heterocycles. The third kappa shape index (κ3) is 3.65. The lowest BCUT2D eigenvalue weighted by Gasteiger charge is -2.31. The molecule has 2 aromatic heterocycles. The molecule has 2 aliphatic heterocycles. The van der Waals surface area contributed by atoms with Gasteiger partial charge in [0, 0.05) is 31.7 Å². The SMILES string of the molecule is CCOC(=O)[C@]12CCCN(Cc3ccc(C)o3)C[C@H]1CN(c1ccccn1)C2. The largest absolute Gasteiger partial charge is 0.466 e. The van der Waals surface area contributed by atoms with E-state index < -0.39 is 5.41 Å². The van der Waals surface area contributed by atoms with Crippen molar-refractivity contribution in [2.24, 2.45) is 11.3 Å². The summed E-state index contributed by atoms with van der Waals surface area (Å²) in [7, 11) is 0. The van der Waals surface area contributed by atoms with Crippen LogP contribution in [0.2, 0.25) is 0 Å². The summed E-state index contributed by atoms with van der Waals surface area (Å²) in [5, 5.41) is 0. The van der Waals surface area contributed by atoms with Gasteiger partial charge in [0.25, 0.3) is 0 Å². The Morgan fingerprint density at radius 2 is 2.21 bits per heavy atom. The first-order chi connectivity index (χ1) is 13.6. The Labute approximate surface area is 166 Å². The average molecular weight is 383 g/mol. The van der Waals surface area contributed by atoms with Crippen LogP contribution in [0.15, 0.2) is 40.9 Å². The number of rotatable bonds is 5. The fraction of sp³-hybridized carbons (Fsp3) is 0.545. The van der Waals surface area contributed by atoms with Crippen LogP contribution in [0.3, 0.4) is 0 Å². The maximum atomic E-state index is 13.1. The quantitative estimate of drug-likeness (QED) is 0.739. The zero-order chi connectivity index (χ0) is 19.6. The van der Waals surface area contributed by atoms with Crippen LogP contribution in [-0.2, 0) is 16.1 Å². The van der Waals surface area contributed by atoms with Gasteiger partial charge in [-0.15, -0.1) is 0 Å². The van der Waals surface area contributed by atoms with Crippen LogP contribution in [0.5, 0.6) is 0 Å². The molecule has 2 aliphatic rings. The number of aryl methyl sites for hydroxylation is 1. The Balaban J connectivity index is 1.57. The highest BCUT2D eigenvalue weighted by atomic mass is 16.5. The van der Waals surface area contributed by atoms with Crippen LogP contribution in [0, 0.1) is 18.3 Å². The summed E-state index contributed by atoms with van der Waals surface area (Å²) in [6, 6.07) is 10.0. The van der Waals surface area contributed by atoms with Crippen molar-refractivity contribution in [3.63, 3.8) is 0 Å². The Hall–Kier alpha value is -2.34. The second-order valence-electron chi connectivity index (χ2n) is 7.99. The lowest BCUT2D eigenvalue weighted by molar-refractivity contribution is -0.157. The van der Waals surface area contributed by atoms with Crippen LogP contribution >= 0.6 is 0 Å². The molecule has 0 saturated carbocycles. The summed E-state index contributed by atoms with van der Waals surface area (Å²) < 4.78 is 11.3. The molecular weight excluding hydrogens is 354 g/mol. The van der Waals surface area contributed by atoms with E-state index in [1.54, 1.807) is 0 Å². The molecule has 0 amide bonds. The van der Waals surface area contributed by atoms with Gasteiger partial charge in [0.1, 0.15) is 17.3 Å². The van der Waals surface area contributed by atoms with Crippen molar-refractivity contribution in [3.8, 4) is 0 Å². The Bertz CT molecular complexity index is 806. The summed E-state index contributed by atoms with van der Waals surface area (Å²) >= 11 is 0. The Kier molecular flexibility index (Phi) is 5.40. The van der Waals surface area contributed by atoms with Crippen LogP contribution < -0.4 is 4.90 Å². The summed E-state index contributed by atoms with van der Waals surface area (Å²) in [6.07, 6.45) is 3.64. The second-order valence-corrected chi connectivity index (χ2v) is 7.99. The minimum atomic E-state index is -0.457. The number of aromatic nitrogens is 1. The Morgan fingerprint density at radius 3 is 2.93 bits per heavy atom. The molecule has 2 saturated heterocycles. The van der Waals surface area contributed by atoms with Crippen LogP contribution in [0.25, 0.3) is 0 Å². The second kappa shape index (κ2) is 7.95. The van der Waals surface area contributed by atoms with E-state index in [1.165, 1.54) is 0 Å². The highest BCUT2D eigenvalue weighted by Gasteiger charge is 2.54. The topological polar surface area (TPSA) is 58.8 Å². The van der Waals surface area contributed by atoms with E-state index in [9.17, 15) is 4.79 Å². The average Bonchev–Trinajstić information content (AvgIpc) is 3.22. The standard InChI is InChI=1S/C22H29N3O3/c1-3-27-21(26)22-10-6-12-24(15-19-9-8-17(2)28-19)13-18(22)14-25(16-22)20-7-4-5-11-23-20/h4-5,7-9,11,18H,3,6,10,12-16H2,1-2H3/t18-,22-/m0/s1. The molecule has 0 N–H and O–H groups in total. The molecule has 0 bridgehead atoms. The van der Waals surface area contributed by atoms with Gasteiger partial charge in [-0.1, -0.05) is 6.07 Å². The van der Waals surface area contributed by atoms with E-state index in [0.29, 0.717) is 13.2 Å². The molecule has 2 fully saturated rings. The van der Waals surface area contributed by atoms with Gasteiger partial charge in [0.2, 0.25) is 0 Å². The van der Waals surface area contributed by atoms with E-state index in [0.717, 1.165) is 56.4 Å². The molecule has 6 nitrogen and oxygen atoms in total. The normalized spacial score (nSPS) is 25.4. The van der Waals surface area contributed by atoms with Gasteiger partial charge in [-0.05, 0) is 57.5 Å². The fourth-order valence-electron chi connectivity index (χ4n) is 4.77. The van der Waals surface area contributed by atoms with Gasteiger partial charge in [-0.3, -0.25) is 9.69 Å². The van der Waals surface area contributed by atoms with E-state index in [4.69, 9.17) is 9.15 Å². The van der Waals surface area contributed by atoms with Crippen molar-refractivity contribution in [1.82, 2.24) is 9.88 Å². The van der Waals surface area contributed by atoms with Gasteiger partial charge in [0.05, 0.1) is 18.6 Å². The number of anilines is 1. The van der Waals surface area contributed by atoms with Gasteiger partial charge < -0.3 is 14.1 Å². The number of ether oxygens (including phenoxy) is 1. The number of furan rings is 1. The van der Waals surface area contributed by atoms with Gasteiger partial charge in [0.15, 0.2) is 0 Å². The van der Waals surface area contributed by atoms with Crippen LogP contribution in [0.4, 0.5) is 5.82 Å². The Morgan fingerprint density at radius 1 is 1.32 bits per heavy atom. The molecule has 0 spiro atoms. The number of esters is 1. The van der Waals surface area contributed by atoms with E-state index in [2.05, 4.69) is 14.8 Å². The monoisotopic (exact) mass is 383 g/mol. The predicted octanol–water partition coefficient (Wildman–Crippen LogP) is 3.26. The summed E-state index contributed by atoms with van der Waals surface area (Å²) in [5.74, 6) is 3.03. The van der Waals surface area contributed by atoms with Crippen molar-refractivity contribution >= 4 is 11.8 Å². The van der Waals surface area contributed by atoms with E-state index in [1.807, 2.05) is 50.4 Å². The van der Waals surface area contributed by atoms with Crippen molar-refractivity contribution in [2.75, 3.05) is 37.7 Å². The van der Waals surface area contributed by atoms with Crippen LogP contribution in [-0.4, -0.2) is 48.6 Å².